The van der Waals surface area contributed by atoms with Crippen molar-refractivity contribution in [2.45, 2.75) is 26.7 Å². The van der Waals surface area contributed by atoms with E-state index in [2.05, 4.69) is 0 Å². The molecule has 0 spiro atoms. The molecule has 1 heterocycles. The van der Waals surface area contributed by atoms with Crippen molar-refractivity contribution in [2.75, 3.05) is 6.54 Å². The lowest BCUT2D eigenvalue weighted by Crippen LogP contribution is -2.30. The van der Waals surface area contributed by atoms with Gasteiger partial charge in [0.05, 0.1) is 0 Å². The first kappa shape index (κ1) is 8.97. The highest BCUT2D eigenvalue weighted by atomic mass is 16.2. The van der Waals surface area contributed by atoms with E-state index in [0.717, 1.165) is 12.0 Å². The van der Waals surface area contributed by atoms with Gasteiger partial charge < -0.3 is 0 Å². The van der Waals surface area contributed by atoms with E-state index in [1.54, 1.807) is 0 Å². The van der Waals surface area contributed by atoms with E-state index < -0.39 is 0 Å². The van der Waals surface area contributed by atoms with E-state index in [-0.39, 0.29) is 11.8 Å². The van der Waals surface area contributed by atoms with Crippen molar-refractivity contribution in [1.29, 1.82) is 0 Å². The predicted molar refractivity (Wildman–Crippen MR) is 45.4 cm³/mol. The molecule has 1 saturated heterocycles. The molecular formula is C9H13NO2. The number of allylic oxidation sites excluding steroid dienone is 1. The van der Waals surface area contributed by atoms with E-state index in [1.807, 2.05) is 13.8 Å². The van der Waals surface area contributed by atoms with Crippen LogP contribution in [-0.2, 0) is 9.59 Å². The lowest BCUT2D eigenvalue weighted by atomic mass is 10.3. The van der Waals surface area contributed by atoms with Crippen LogP contribution in [0, 0.1) is 0 Å². The van der Waals surface area contributed by atoms with Crippen molar-refractivity contribution in [3.63, 3.8) is 0 Å². The van der Waals surface area contributed by atoms with E-state index in [1.165, 1.54) is 11.0 Å². The molecule has 0 aromatic heterocycles. The van der Waals surface area contributed by atoms with Crippen LogP contribution >= 0.6 is 0 Å². The van der Waals surface area contributed by atoms with Crippen LogP contribution in [0.3, 0.4) is 0 Å². The van der Waals surface area contributed by atoms with E-state index >= 15 is 0 Å². The summed E-state index contributed by atoms with van der Waals surface area (Å²) in [5, 5.41) is 0. The highest BCUT2D eigenvalue weighted by Gasteiger charge is 2.24. The first-order valence-corrected chi connectivity index (χ1v) is 4.10. The summed E-state index contributed by atoms with van der Waals surface area (Å²) in [6, 6.07) is 0. The van der Waals surface area contributed by atoms with Gasteiger partial charge in [-0.1, -0.05) is 5.57 Å². The number of carbonyl (C=O) groups excluding carboxylic acids is 2. The van der Waals surface area contributed by atoms with Gasteiger partial charge in [-0.25, -0.2) is 0 Å². The summed E-state index contributed by atoms with van der Waals surface area (Å²) in [6.45, 7) is 4.28. The number of nitrogens with zero attached hydrogens (tertiary/aromatic N) is 1. The molecule has 0 bridgehead atoms. The minimum Gasteiger partial charge on any atom is -0.279 e. The minimum atomic E-state index is -0.169. The fourth-order valence-corrected chi connectivity index (χ4v) is 1.21. The van der Waals surface area contributed by atoms with E-state index in [4.69, 9.17) is 0 Å². The Labute approximate surface area is 72.0 Å². The number of amides is 2. The molecular weight excluding hydrogens is 154 g/mol. The van der Waals surface area contributed by atoms with Crippen molar-refractivity contribution in [1.82, 2.24) is 4.90 Å². The summed E-state index contributed by atoms with van der Waals surface area (Å²) >= 11 is 0. The van der Waals surface area contributed by atoms with Crippen molar-refractivity contribution >= 4 is 11.8 Å². The maximum absolute atomic E-state index is 11.3. The maximum atomic E-state index is 11.3. The molecule has 0 aromatic rings. The zero-order valence-electron chi connectivity index (χ0n) is 7.46. The monoisotopic (exact) mass is 167 g/mol. The Bertz CT molecular complexity index is 239. The number of hydrogen-bond donors (Lipinski definition) is 0. The van der Waals surface area contributed by atoms with Gasteiger partial charge >= 0.3 is 0 Å². The molecule has 0 aliphatic carbocycles. The highest BCUT2D eigenvalue weighted by Crippen LogP contribution is 2.10. The fourth-order valence-electron chi connectivity index (χ4n) is 1.21. The second kappa shape index (κ2) is 3.52. The Morgan fingerprint density at radius 1 is 1.50 bits per heavy atom. The van der Waals surface area contributed by atoms with Crippen LogP contribution < -0.4 is 0 Å². The molecule has 1 fully saturated rings. The third-order valence-electron chi connectivity index (χ3n) is 1.75. The van der Waals surface area contributed by atoms with E-state index in [0.29, 0.717) is 13.0 Å². The number of rotatable bonds is 1. The van der Waals surface area contributed by atoms with Gasteiger partial charge in [0.1, 0.15) is 0 Å². The van der Waals surface area contributed by atoms with Gasteiger partial charge in [-0.2, -0.15) is 0 Å². The third kappa shape index (κ3) is 1.94. The Hall–Kier alpha value is -1.12. The van der Waals surface area contributed by atoms with Crippen LogP contribution in [0.1, 0.15) is 26.7 Å². The Balaban J connectivity index is 2.64. The topological polar surface area (TPSA) is 37.4 Å². The van der Waals surface area contributed by atoms with Crippen LogP contribution in [0.25, 0.3) is 0 Å². The summed E-state index contributed by atoms with van der Waals surface area (Å²) in [7, 11) is 0. The maximum Gasteiger partial charge on any atom is 0.253 e. The average Bonchev–Trinajstić information content (AvgIpc) is 2.33. The zero-order chi connectivity index (χ0) is 9.14. The third-order valence-corrected chi connectivity index (χ3v) is 1.75. The van der Waals surface area contributed by atoms with Gasteiger partial charge in [-0.3, -0.25) is 14.5 Å². The fraction of sp³-hybridized carbons (Fsp3) is 0.556. The summed E-state index contributed by atoms with van der Waals surface area (Å²) in [6.07, 6.45) is 2.83. The van der Waals surface area contributed by atoms with Crippen LogP contribution in [0.15, 0.2) is 11.6 Å². The highest BCUT2D eigenvalue weighted by molar-refractivity contribution is 6.02. The quantitative estimate of drug-likeness (QED) is 0.548. The summed E-state index contributed by atoms with van der Waals surface area (Å²) in [5.41, 5.74) is 0.930. The first-order chi connectivity index (χ1) is 5.61. The standard InChI is InChI=1S/C9H13NO2/c1-7(2)6-9(12)10-5-3-4-8(10)11/h6H,3-5H2,1-2H3. The summed E-state index contributed by atoms with van der Waals surface area (Å²) in [4.78, 5) is 23.7. The lowest BCUT2D eigenvalue weighted by molar-refractivity contribution is -0.138. The molecule has 1 rings (SSSR count). The molecule has 0 unspecified atom stereocenters. The van der Waals surface area contributed by atoms with Crippen LogP contribution in [0.2, 0.25) is 0 Å². The van der Waals surface area contributed by atoms with Gasteiger partial charge in [-0.15, -0.1) is 0 Å². The van der Waals surface area contributed by atoms with Crippen molar-refractivity contribution in [2.24, 2.45) is 0 Å². The average molecular weight is 167 g/mol. The van der Waals surface area contributed by atoms with Gasteiger partial charge in [-0.05, 0) is 20.3 Å². The molecule has 0 atom stereocenters. The SMILES string of the molecule is CC(C)=CC(=O)N1CCCC1=O. The smallest absolute Gasteiger partial charge is 0.253 e. The molecule has 12 heavy (non-hydrogen) atoms. The van der Waals surface area contributed by atoms with Crippen LogP contribution in [0.5, 0.6) is 0 Å². The first-order valence-electron chi connectivity index (χ1n) is 4.10. The molecule has 0 N–H and O–H groups in total. The van der Waals surface area contributed by atoms with Gasteiger partial charge in [0.2, 0.25) is 5.91 Å². The zero-order valence-corrected chi connectivity index (χ0v) is 7.46. The number of imide groups is 1. The van der Waals surface area contributed by atoms with Crippen LogP contribution in [0.4, 0.5) is 0 Å². The van der Waals surface area contributed by atoms with Crippen molar-refractivity contribution in [3.8, 4) is 0 Å². The molecule has 0 aromatic carbocycles. The van der Waals surface area contributed by atoms with Gasteiger partial charge in [0.25, 0.3) is 5.91 Å². The Kier molecular flexibility index (Phi) is 2.63. The predicted octanol–water partition coefficient (Wildman–Crippen LogP) is 1.10. The van der Waals surface area contributed by atoms with Gasteiger partial charge in [0, 0.05) is 19.0 Å². The normalized spacial score (nSPS) is 16.5. The molecule has 2 amide bonds. The van der Waals surface area contributed by atoms with Gasteiger partial charge in [0.15, 0.2) is 0 Å². The lowest BCUT2D eigenvalue weighted by Gasteiger charge is -2.10. The molecule has 0 radical (unpaired) electrons. The number of likely N-dealkylation sites (tertiary alicyclic amines) is 1. The van der Waals surface area contributed by atoms with Crippen LogP contribution in [-0.4, -0.2) is 23.3 Å². The molecule has 1 aliphatic rings. The summed E-state index contributed by atoms with van der Waals surface area (Å²) < 4.78 is 0. The second-order valence-corrected chi connectivity index (χ2v) is 3.21. The van der Waals surface area contributed by atoms with Crippen molar-refractivity contribution in [3.05, 3.63) is 11.6 Å². The van der Waals surface area contributed by atoms with Crippen molar-refractivity contribution < 1.29 is 9.59 Å². The Morgan fingerprint density at radius 3 is 2.58 bits per heavy atom. The largest absolute Gasteiger partial charge is 0.279 e. The molecule has 3 nitrogen and oxygen atoms in total. The Morgan fingerprint density at radius 2 is 2.17 bits per heavy atom. The molecule has 0 saturated carbocycles. The number of hydrogen-bond acceptors (Lipinski definition) is 2. The second-order valence-electron chi connectivity index (χ2n) is 3.21. The number of carbonyl (C=O) groups is 2. The summed E-state index contributed by atoms with van der Waals surface area (Å²) in [5.74, 6) is -0.213. The van der Waals surface area contributed by atoms with E-state index in [9.17, 15) is 9.59 Å². The molecule has 3 heteroatoms. The molecule has 1 aliphatic heterocycles. The molecule has 66 valence electrons. The minimum absolute atomic E-state index is 0.0440.